The van der Waals surface area contributed by atoms with Crippen LogP contribution in [0, 0.1) is 0 Å². The molecule has 4 aromatic rings. The number of fused-ring (bicyclic) bond motifs is 1. The van der Waals surface area contributed by atoms with Crippen molar-refractivity contribution in [2.24, 2.45) is 0 Å². The van der Waals surface area contributed by atoms with Crippen molar-refractivity contribution in [2.45, 2.75) is 0 Å². The second kappa shape index (κ2) is 7.03. The minimum absolute atomic E-state index is 0.152. The Balaban J connectivity index is 1.96. The molecule has 1 amide bonds. The number of aromatic nitrogens is 3. The van der Waals surface area contributed by atoms with Crippen molar-refractivity contribution in [3.05, 3.63) is 66.6 Å². The van der Waals surface area contributed by atoms with Gasteiger partial charge in [-0.15, -0.1) is 0 Å². The number of benzene rings is 2. The van der Waals surface area contributed by atoms with E-state index in [1.54, 1.807) is 20.2 Å². The lowest BCUT2D eigenvalue weighted by atomic mass is 10.1. The van der Waals surface area contributed by atoms with Crippen LogP contribution in [0.3, 0.4) is 0 Å². The normalized spacial score (nSPS) is 10.8. The highest BCUT2D eigenvalue weighted by Crippen LogP contribution is 2.35. The highest BCUT2D eigenvalue weighted by Gasteiger charge is 2.17. The van der Waals surface area contributed by atoms with Gasteiger partial charge in [-0.1, -0.05) is 18.2 Å². The Morgan fingerprint density at radius 2 is 1.96 bits per heavy atom. The van der Waals surface area contributed by atoms with Crippen LogP contribution in [0.5, 0.6) is 5.75 Å². The largest absolute Gasteiger partial charge is 0.497 e. The standard InChI is InChI=1S/C21H19N5O2/c1-23-21(27)14-6-3-7-15(9-14)26-11-17(13-5-4-8-16(10-13)28-2)18-19(22)24-12-25-20(18)26/h3-12H,1-2H3,(H,23,27)(H2,22,24,25). The second-order valence-electron chi connectivity index (χ2n) is 6.23. The van der Waals surface area contributed by atoms with E-state index in [1.807, 2.05) is 53.2 Å². The fraction of sp³-hybridized carbons (Fsp3) is 0.0952. The Morgan fingerprint density at radius 3 is 2.75 bits per heavy atom. The van der Waals surface area contributed by atoms with Gasteiger partial charge in [-0.3, -0.25) is 4.79 Å². The number of carbonyl (C=O) groups excluding carboxylic acids is 1. The maximum Gasteiger partial charge on any atom is 0.251 e. The number of methoxy groups -OCH3 is 1. The van der Waals surface area contributed by atoms with E-state index in [1.165, 1.54) is 6.33 Å². The maximum atomic E-state index is 12.0. The molecule has 2 heterocycles. The molecule has 2 aromatic carbocycles. The molecule has 0 saturated carbocycles. The third-order valence-corrected chi connectivity index (χ3v) is 4.61. The Morgan fingerprint density at radius 1 is 1.14 bits per heavy atom. The quantitative estimate of drug-likeness (QED) is 0.573. The zero-order valence-electron chi connectivity index (χ0n) is 15.5. The Labute approximate surface area is 161 Å². The molecule has 0 aliphatic rings. The Hall–Kier alpha value is -3.87. The first-order valence-electron chi connectivity index (χ1n) is 8.71. The van der Waals surface area contributed by atoms with Crippen LogP contribution in [0.2, 0.25) is 0 Å². The number of anilines is 1. The molecule has 0 aliphatic carbocycles. The van der Waals surface area contributed by atoms with E-state index in [9.17, 15) is 4.79 Å². The van der Waals surface area contributed by atoms with Crippen molar-refractivity contribution in [3.8, 4) is 22.6 Å². The molecule has 0 atom stereocenters. The van der Waals surface area contributed by atoms with Gasteiger partial charge >= 0.3 is 0 Å². The number of amides is 1. The van der Waals surface area contributed by atoms with Gasteiger partial charge in [0.05, 0.1) is 12.5 Å². The molecule has 28 heavy (non-hydrogen) atoms. The number of hydrogen-bond acceptors (Lipinski definition) is 5. The van der Waals surface area contributed by atoms with Crippen LogP contribution in [0.4, 0.5) is 5.82 Å². The summed E-state index contributed by atoms with van der Waals surface area (Å²) in [5.41, 5.74) is 10.1. The summed E-state index contributed by atoms with van der Waals surface area (Å²) in [5.74, 6) is 0.986. The summed E-state index contributed by atoms with van der Waals surface area (Å²) in [6, 6.07) is 15.0. The van der Waals surface area contributed by atoms with Crippen molar-refractivity contribution in [1.29, 1.82) is 0 Å². The summed E-state index contributed by atoms with van der Waals surface area (Å²) in [7, 11) is 3.24. The average molecular weight is 373 g/mol. The van der Waals surface area contributed by atoms with Crippen LogP contribution < -0.4 is 15.8 Å². The number of hydrogen-bond donors (Lipinski definition) is 2. The van der Waals surface area contributed by atoms with Crippen LogP contribution in [-0.2, 0) is 0 Å². The SMILES string of the molecule is CNC(=O)c1cccc(-n2cc(-c3cccc(OC)c3)c3c(N)ncnc32)c1. The summed E-state index contributed by atoms with van der Waals surface area (Å²) in [6.45, 7) is 0. The highest BCUT2D eigenvalue weighted by molar-refractivity contribution is 6.01. The van der Waals surface area contributed by atoms with Gasteiger partial charge < -0.3 is 20.4 Å². The van der Waals surface area contributed by atoms with Crippen molar-refractivity contribution < 1.29 is 9.53 Å². The van der Waals surface area contributed by atoms with Crippen molar-refractivity contribution in [3.63, 3.8) is 0 Å². The molecule has 0 radical (unpaired) electrons. The minimum Gasteiger partial charge on any atom is -0.497 e. The van der Waals surface area contributed by atoms with E-state index in [0.717, 1.165) is 28.0 Å². The average Bonchev–Trinajstić information content (AvgIpc) is 3.14. The third-order valence-electron chi connectivity index (χ3n) is 4.61. The number of nitrogens with zero attached hydrogens (tertiary/aromatic N) is 3. The molecule has 0 aliphatic heterocycles. The van der Waals surface area contributed by atoms with E-state index < -0.39 is 0 Å². The molecule has 0 bridgehead atoms. The van der Waals surface area contributed by atoms with Crippen molar-refractivity contribution in [2.75, 3.05) is 19.9 Å². The van der Waals surface area contributed by atoms with Crippen LogP contribution in [0.1, 0.15) is 10.4 Å². The fourth-order valence-electron chi connectivity index (χ4n) is 3.23. The minimum atomic E-state index is -0.152. The lowest BCUT2D eigenvalue weighted by molar-refractivity contribution is 0.0963. The molecule has 0 fully saturated rings. The highest BCUT2D eigenvalue weighted by atomic mass is 16.5. The summed E-state index contributed by atoms with van der Waals surface area (Å²) in [6.07, 6.45) is 3.39. The van der Waals surface area contributed by atoms with E-state index in [0.29, 0.717) is 17.0 Å². The molecule has 3 N–H and O–H groups in total. The predicted octanol–water partition coefficient (Wildman–Crippen LogP) is 3.04. The van der Waals surface area contributed by atoms with E-state index in [2.05, 4.69) is 15.3 Å². The topological polar surface area (TPSA) is 95.1 Å². The molecular weight excluding hydrogens is 354 g/mol. The lowest BCUT2D eigenvalue weighted by Gasteiger charge is -2.07. The number of carbonyl (C=O) groups is 1. The summed E-state index contributed by atoms with van der Waals surface area (Å²) < 4.78 is 7.26. The number of nitrogens with one attached hydrogen (secondary N) is 1. The second-order valence-corrected chi connectivity index (χ2v) is 6.23. The molecule has 4 rings (SSSR count). The van der Waals surface area contributed by atoms with Crippen LogP contribution in [0.25, 0.3) is 27.8 Å². The van der Waals surface area contributed by atoms with Gasteiger partial charge in [0.2, 0.25) is 0 Å². The van der Waals surface area contributed by atoms with E-state index in [-0.39, 0.29) is 5.91 Å². The third kappa shape index (κ3) is 2.92. The lowest BCUT2D eigenvalue weighted by Crippen LogP contribution is -2.17. The van der Waals surface area contributed by atoms with Crippen LogP contribution >= 0.6 is 0 Å². The molecule has 140 valence electrons. The first kappa shape index (κ1) is 17.5. The first-order chi connectivity index (χ1) is 13.6. The maximum absolute atomic E-state index is 12.0. The van der Waals surface area contributed by atoms with E-state index in [4.69, 9.17) is 10.5 Å². The van der Waals surface area contributed by atoms with Gasteiger partial charge in [0.1, 0.15) is 17.9 Å². The van der Waals surface area contributed by atoms with E-state index >= 15 is 0 Å². The molecule has 7 nitrogen and oxygen atoms in total. The number of rotatable bonds is 4. The zero-order chi connectivity index (χ0) is 19.7. The predicted molar refractivity (Wildman–Crippen MR) is 109 cm³/mol. The number of ether oxygens (including phenoxy) is 1. The van der Waals surface area contributed by atoms with Gasteiger partial charge in [-0.2, -0.15) is 0 Å². The van der Waals surface area contributed by atoms with Gasteiger partial charge in [-0.25, -0.2) is 9.97 Å². The first-order valence-corrected chi connectivity index (χ1v) is 8.71. The molecule has 2 aromatic heterocycles. The Kier molecular flexibility index (Phi) is 4.41. The molecular formula is C21H19N5O2. The van der Waals surface area contributed by atoms with Crippen LogP contribution in [-0.4, -0.2) is 34.6 Å². The summed E-state index contributed by atoms with van der Waals surface area (Å²) >= 11 is 0. The number of nitrogen functional groups attached to an aromatic ring is 1. The summed E-state index contributed by atoms with van der Waals surface area (Å²) in [4.78, 5) is 20.6. The van der Waals surface area contributed by atoms with Crippen molar-refractivity contribution in [1.82, 2.24) is 19.9 Å². The zero-order valence-corrected chi connectivity index (χ0v) is 15.5. The van der Waals surface area contributed by atoms with Crippen molar-refractivity contribution >= 4 is 22.8 Å². The van der Waals surface area contributed by atoms with Crippen LogP contribution in [0.15, 0.2) is 61.1 Å². The van der Waals surface area contributed by atoms with Gasteiger partial charge in [0.15, 0.2) is 5.65 Å². The molecule has 0 spiro atoms. The van der Waals surface area contributed by atoms with Gasteiger partial charge in [-0.05, 0) is 35.9 Å². The van der Waals surface area contributed by atoms with Gasteiger partial charge in [0, 0.05) is 30.1 Å². The molecule has 7 heteroatoms. The fourth-order valence-corrected chi connectivity index (χ4v) is 3.23. The molecule has 0 saturated heterocycles. The molecule has 0 unspecified atom stereocenters. The smallest absolute Gasteiger partial charge is 0.251 e. The van der Waals surface area contributed by atoms with Gasteiger partial charge in [0.25, 0.3) is 5.91 Å². The number of nitrogens with two attached hydrogens (primary N) is 1. The Bertz CT molecular complexity index is 1180. The summed E-state index contributed by atoms with van der Waals surface area (Å²) in [5, 5.41) is 3.39. The monoisotopic (exact) mass is 373 g/mol.